The zero-order valence-electron chi connectivity index (χ0n) is 11.3. The van der Waals surface area contributed by atoms with Crippen LogP contribution < -0.4 is 0 Å². The van der Waals surface area contributed by atoms with E-state index in [9.17, 15) is 19.7 Å². The first-order valence-corrected chi connectivity index (χ1v) is 6.60. The van der Waals surface area contributed by atoms with Crippen LogP contribution in [-0.4, -0.2) is 36.5 Å². The normalized spacial score (nSPS) is 15.4. The molecule has 1 aliphatic heterocycles. The Kier molecular flexibility index (Phi) is 4.99. The first kappa shape index (κ1) is 15.1. The predicted molar refractivity (Wildman–Crippen MR) is 71.9 cm³/mol. The van der Waals surface area contributed by atoms with E-state index in [0.717, 1.165) is 0 Å². The number of nitro benzene ring substituents is 1. The average Bonchev–Trinajstić information content (AvgIpc) is 2.53. The molecule has 7 nitrogen and oxygen atoms in total. The van der Waals surface area contributed by atoms with Crippen molar-refractivity contribution in [2.45, 2.75) is 12.8 Å². The van der Waals surface area contributed by atoms with Gasteiger partial charge in [0.15, 0.2) is 12.4 Å². The van der Waals surface area contributed by atoms with Crippen molar-refractivity contribution in [3.05, 3.63) is 39.9 Å². The van der Waals surface area contributed by atoms with E-state index >= 15 is 0 Å². The van der Waals surface area contributed by atoms with Crippen LogP contribution in [0.5, 0.6) is 0 Å². The fourth-order valence-electron chi connectivity index (χ4n) is 2.04. The summed E-state index contributed by atoms with van der Waals surface area (Å²) in [6.45, 7) is 0.695. The van der Waals surface area contributed by atoms with Crippen LogP contribution in [0.3, 0.4) is 0 Å². The summed E-state index contributed by atoms with van der Waals surface area (Å²) in [5.41, 5.74) is 0.186. The van der Waals surface area contributed by atoms with Crippen molar-refractivity contribution in [1.29, 1.82) is 0 Å². The van der Waals surface area contributed by atoms with Crippen LogP contribution >= 0.6 is 0 Å². The number of carbonyl (C=O) groups is 2. The van der Waals surface area contributed by atoms with Crippen LogP contribution in [0.25, 0.3) is 0 Å². The maximum atomic E-state index is 11.8. The van der Waals surface area contributed by atoms with E-state index < -0.39 is 10.9 Å². The summed E-state index contributed by atoms with van der Waals surface area (Å²) in [6.07, 6.45) is 1.20. The molecular weight excluding hydrogens is 278 g/mol. The van der Waals surface area contributed by atoms with E-state index in [-0.39, 0.29) is 29.6 Å². The Hall–Kier alpha value is -2.28. The van der Waals surface area contributed by atoms with E-state index in [0.29, 0.717) is 26.1 Å². The number of carbonyl (C=O) groups excluding carboxylic acids is 2. The van der Waals surface area contributed by atoms with Crippen LogP contribution in [0.4, 0.5) is 5.69 Å². The molecule has 7 heteroatoms. The lowest BCUT2D eigenvalue weighted by molar-refractivity contribution is -0.384. The van der Waals surface area contributed by atoms with E-state index in [4.69, 9.17) is 9.47 Å². The number of nitrogens with zero attached hydrogens (tertiary/aromatic N) is 1. The molecule has 1 aromatic carbocycles. The van der Waals surface area contributed by atoms with Gasteiger partial charge < -0.3 is 9.47 Å². The minimum Gasteiger partial charge on any atom is -0.457 e. The first-order valence-electron chi connectivity index (χ1n) is 6.60. The van der Waals surface area contributed by atoms with Crippen molar-refractivity contribution in [2.24, 2.45) is 5.92 Å². The van der Waals surface area contributed by atoms with Gasteiger partial charge in [-0.25, -0.2) is 0 Å². The fourth-order valence-corrected chi connectivity index (χ4v) is 2.04. The first-order chi connectivity index (χ1) is 10.1. The fraction of sp³-hybridized carbons (Fsp3) is 0.429. The van der Waals surface area contributed by atoms with Gasteiger partial charge in [0.2, 0.25) is 0 Å². The number of non-ortho nitro benzene ring substituents is 1. The van der Waals surface area contributed by atoms with E-state index in [1.165, 1.54) is 24.3 Å². The Bertz CT molecular complexity index is 533. The van der Waals surface area contributed by atoms with Crippen molar-refractivity contribution < 1.29 is 24.0 Å². The zero-order chi connectivity index (χ0) is 15.2. The Morgan fingerprint density at radius 2 is 1.86 bits per heavy atom. The highest BCUT2D eigenvalue weighted by atomic mass is 16.6. The number of esters is 1. The predicted octanol–water partition coefficient (Wildman–Crippen LogP) is 1.75. The molecule has 2 rings (SSSR count). The SMILES string of the molecule is O=C(COC(=O)C1CCOCC1)c1ccc([N+](=O)[O-])cc1. The molecule has 1 aromatic rings. The van der Waals surface area contributed by atoms with Crippen LogP contribution in [0.2, 0.25) is 0 Å². The molecule has 1 saturated heterocycles. The molecule has 0 unspecified atom stereocenters. The number of hydrogen-bond donors (Lipinski definition) is 0. The minimum absolute atomic E-state index is 0.0919. The molecule has 0 saturated carbocycles. The molecule has 21 heavy (non-hydrogen) atoms. The third-order valence-electron chi connectivity index (χ3n) is 3.30. The summed E-state index contributed by atoms with van der Waals surface area (Å²) in [6, 6.07) is 5.19. The van der Waals surface area contributed by atoms with Crippen molar-refractivity contribution >= 4 is 17.4 Å². The Labute approximate surface area is 121 Å². The summed E-state index contributed by atoms with van der Waals surface area (Å²) >= 11 is 0. The minimum atomic E-state index is -0.542. The average molecular weight is 293 g/mol. The summed E-state index contributed by atoms with van der Waals surface area (Å²) in [4.78, 5) is 33.6. The van der Waals surface area contributed by atoms with E-state index in [2.05, 4.69) is 0 Å². The van der Waals surface area contributed by atoms with Crippen LogP contribution in [0.1, 0.15) is 23.2 Å². The molecular formula is C14H15NO6. The molecule has 0 atom stereocenters. The maximum absolute atomic E-state index is 11.8. The molecule has 1 fully saturated rings. The summed E-state index contributed by atoms with van der Waals surface area (Å²) in [5, 5.41) is 10.5. The van der Waals surface area contributed by atoms with Crippen LogP contribution in [0, 0.1) is 16.0 Å². The molecule has 1 heterocycles. The van der Waals surface area contributed by atoms with Crippen molar-refractivity contribution in [2.75, 3.05) is 19.8 Å². The number of rotatable bonds is 5. The van der Waals surface area contributed by atoms with Gasteiger partial charge in [-0.2, -0.15) is 0 Å². The molecule has 0 bridgehead atoms. The molecule has 112 valence electrons. The standard InChI is InChI=1S/C14H15NO6/c16-13(10-1-3-12(4-2-10)15(18)19)9-21-14(17)11-5-7-20-8-6-11/h1-4,11H,5-9H2. The van der Waals surface area contributed by atoms with Gasteiger partial charge in [0, 0.05) is 30.9 Å². The van der Waals surface area contributed by atoms with Gasteiger partial charge >= 0.3 is 5.97 Å². The highest BCUT2D eigenvalue weighted by Crippen LogP contribution is 2.17. The van der Waals surface area contributed by atoms with Gasteiger partial charge in [0.05, 0.1) is 10.8 Å². The van der Waals surface area contributed by atoms with Gasteiger partial charge in [-0.05, 0) is 25.0 Å². The Morgan fingerprint density at radius 3 is 2.43 bits per heavy atom. The van der Waals surface area contributed by atoms with Crippen molar-refractivity contribution in [3.63, 3.8) is 0 Å². The number of ketones is 1. The molecule has 0 aliphatic carbocycles. The zero-order valence-corrected chi connectivity index (χ0v) is 11.3. The second-order valence-electron chi connectivity index (χ2n) is 4.72. The summed E-state index contributed by atoms with van der Waals surface area (Å²) in [7, 11) is 0. The Morgan fingerprint density at radius 1 is 1.24 bits per heavy atom. The van der Waals surface area contributed by atoms with Crippen LogP contribution in [-0.2, 0) is 14.3 Å². The van der Waals surface area contributed by atoms with E-state index in [1.54, 1.807) is 0 Å². The van der Waals surface area contributed by atoms with E-state index in [1.807, 2.05) is 0 Å². The molecule has 1 aliphatic rings. The quantitative estimate of drug-likeness (QED) is 0.355. The second-order valence-corrected chi connectivity index (χ2v) is 4.72. The van der Waals surface area contributed by atoms with Gasteiger partial charge in [0.1, 0.15) is 0 Å². The second kappa shape index (κ2) is 6.94. The Balaban J connectivity index is 1.86. The summed E-state index contributed by atoms with van der Waals surface area (Å²) in [5.74, 6) is -0.998. The number of Topliss-reactive ketones (excluding diaryl/α,β-unsaturated/α-hetero) is 1. The lowest BCUT2D eigenvalue weighted by Gasteiger charge is -2.20. The molecule has 0 spiro atoms. The van der Waals surface area contributed by atoms with Crippen molar-refractivity contribution in [3.8, 4) is 0 Å². The molecule has 0 N–H and O–H groups in total. The van der Waals surface area contributed by atoms with Crippen LogP contribution in [0.15, 0.2) is 24.3 Å². The number of hydrogen-bond acceptors (Lipinski definition) is 6. The van der Waals surface area contributed by atoms with Crippen molar-refractivity contribution in [1.82, 2.24) is 0 Å². The monoisotopic (exact) mass is 293 g/mol. The molecule has 0 amide bonds. The maximum Gasteiger partial charge on any atom is 0.309 e. The largest absolute Gasteiger partial charge is 0.457 e. The number of ether oxygens (including phenoxy) is 2. The lowest BCUT2D eigenvalue weighted by atomic mass is 10.0. The molecule has 0 radical (unpaired) electrons. The third-order valence-corrected chi connectivity index (χ3v) is 3.30. The number of benzene rings is 1. The highest BCUT2D eigenvalue weighted by molar-refractivity contribution is 5.98. The van der Waals surface area contributed by atoms with Gasteiger partial charge in [-0.3, -0.25) is 19.7 Å². The summed E-state index contributed by atoms with van der Waals surface area (Å²) < 4.78 is 10.1. The number of nitro groups is 1. The van der Waals surface area contributed by atoms with Gasteiger partial charge in [-0.1, -0.05) is 0 Å². The van der Waals surface area contributed by atoms with Gasteiger partial charge in [0.25, 0.3) is 5.69 Å². The smallest absolute Gasteiger partial charge is 0.309 e. The topological polar surface area (TPSA) is 95.7 Å². The highest BCUT2D eigenvalue weighted by Gasteiger charge is 2.23. The lowest BCUT2D eigenvalue weighted by Crippen LogP contribution is -2.27. The third kappa shape index (κ3) is 4.09. The van der Waals surface area contributed by atoms with Gasteiger partial charge in [-0.15, -0.1) is 0 Å². The molecule has 0 aromatic heterocycles.